The molecular formula is C41H50ClF2N10O5+. The van der Waals surface area contributed by atoms with Crippen LogP contribution in [0.1, 0.15) is 39.5 Å². The molecule has 18 heteroatoms. The van der Waals surface area contributed by atoms with Crippen LogP contribution in [0.4, 0.5) is 14.5 Å². The van der Waals surface area contributed by atoms with Gasteiger partial charge in [-0.05, 0) is 44.0 Å². The van der Waals surface area contributed by atoms with Crippen molar-refractivity contribution in [3.05, 3.63) is 76.5 Å². The number of hydrogen-bond donors (Lipinski definition) is 3. The van der Waals surface area contributed by atoms with Gasteiger partial charge in [0.25, 0.3) is 17.7 Å². The van der Waals surface area contributed by atoms with Gasteiger partial charge in [-0.25, -0.2) is 13.8 Å². The van der Waals surface area contributed by atoms with Crippen molar-refractivity contribution >= 4 is 40.9 Å². The molecule has 0 atom stereocenters. The van der Waals surface area contributed by atoms with Crippen molar-refractivity contribution in [3.63, 3.8) is 0 Å². The van der Waals surface area contributed by atoms with Gasteiger partial charge in [0.15, 0.2) is 24.0 Å². The Morgan fingerprint density at radius 3 is 2.32 bits per heavy atom. The first-order chi connectivity index (χ1) is 28.3. The summed E-state index contributed by atoms with van der Waals surface area (Å²) >= 11 is 6.59. The zero-order chi connectivity index (χ0) is 42.0. The van der Waals surface area contributed by atoms with Gasteiger partial charge in [0.1, 0.15) is 0 Å². The lowest BCUT2D eigenvalue weighted by atomic mass is 9.94. The van der Waals surface area contributed by atoms with E-state index in [-0.39, 0.29) is 63.4 Å². The molecule has 3 saturated heterocycles. The molecule has 4 N–H and O–H groups in total. The molecule has 2 aromatic carbocycles. The van der Waals surface area contributed by atoms with Crippen LogP contribution in [0.5, 0.6) is 0 Å². The van der Waals surface area contributed by atoms with E-state index in [2.05, 4.69) is 20.7 Å². The summed E-state index contributed by atoms with van der Waals surface area (Å²) in [6.45, 7) is 9.01. The molecule has 0 bridgehead atoms. The lowest BCUT2D eigenvalue weighted by Crippen LogP contribution is -2.66. The summed E-state index contributed by atoms with van der Waals surface area (Å²) in [5, 5.41) is 10.4. The lowest BCUT2D eigenvalue weighted by molar-refractivity contribution is -0.927. The Balaban J connectivity index is 0.939. The van der Waals surface area contributed by atoms with E-state index in [1.807, 2.05) is 4.90 Å². The number of methoxy groups -OCH3 is 1. The number of aromatic nitrogens is 4. The van der Waals surface area contributed by atoms with E-state index in [1.54, 1.807) is 29.7 Å². The molecule has 4 aromatic rings. The van der Waals surface area contributed by atoms with E-state index in [1.165, 1.54) is 48.3 Å². The fraction of sp³-hybridized carbons (Fsp3) is 0.463. The van der Waals surface area contributed by atoms with Crippen molar-refractivity contribution in [3.8, 4) is 22.4 Å². The Hall–Kier alpha value is -5.23. The number of halogens is 3. The monoisotopic (exact) mass is 835 g/mol. The minimum absolute atomic E-state index is 0.0575. The number of ether oxygens (including phenoxy) is 1. The molecule has 3 aliphatic rings. The predicted octanol–water partition coefficient (Wildman–Crippen LogP) is 3.31. The summed E-state index contributed by atoms with van der Waals surface area (Å²) in [6.07, 6.45) is 3.83. The number of benzene rings is 2. The molecule has 7 rings (SSSR count). The molecular weight excluding hydrogens is 786 g/mol. The molecule has 0 saturated carbocycles. The minimum atomic E-state index is -1.09. The van der Waals surface area contributed by atoms with Gasteiger partial charge in [-0.15, -0.1) is 0 Å². The molecule has 15 nitrogen and oxygen atoms in total. The van der Waals surface area contributed by atoms with Crippen molar-refractivity contribution in [2.24, 2.45) is 24.6 Å². The maximum Gasteiger partial charge on any atom is 0.291 e. The molecule has 0 radical (unpaired) electrons. The van der Waals surface area contributed by atoms with Gasteiger partial charge < -0.3 is 40.0 Å². The summed E-state index contributed by atoms with van der Waals surface area (Å²) < 4.78 is 39.8. The number of quaternary nitrogens is 1. The highest BCUT2D eigenvalue weighted by molar-refractivity contribution is 6.34. The van der Waals surface area contributed by atoms with E-state index in [4.69, 9.17) is 22.1 Å². The number of piperidine rings is 1. The molecule has 4 amide bonds. The van der Waals surface area contributed by atoms with Crippen molar-refractivity contribution in [2.75, 3.05) is 84.5 Å². The van der Waals surface area contributed by atoms with Crippen LogP contribution in [0.25, 0.3) is 22.4 Å². The highest BCUT2D eigenvalue weighted by Gasteiger charge is 2.41. The van der Waals surface area contributed by atoms with Gasteiger partial charge in [-0.1, -0.05) is 17.7 Å². The molecule has 314 valence electrons. The average Bonchev–Trinajstić information content (AvgIpc) is 3.77. The average molecular weight is 836 g/mol. The summed E-state index contributed by atoms with van der Waals surface area (Å²) in [4.78, 5) is 60.1. The molecule has 3 aliphatic heterocycles. The summed E-state index contributed by atoms with van der Waals surface area (Å²) in [7, 11) is 3.09. The maximum absolute atomic E-state index is 15.6. The smallest absolute Gasteiger partial charge is 0.291 e. The summed E-state index contributed by atoms with van der Waals surface area (Å²) in [6, 6.07) is 7.47. The number of nitrogens with one attached hydrogen (secondary N) is 2. The number of amides is 4. The van der Waals surface area contributed by atoms with Crippen molar-refractivity contribution in [1.82, 2.24) is 34.4 Å². The zero-order valence-corrected chi connectivity index (χ0v) is 34.2. The number of carbonyl (C=O) groups is 4. The largest absolute Gasteiger partial charge is 0.383 e. The standard InChI is InChI=1S/C41H49ClF2N10O5/c1-25-32(21-48-53(25)14-17-59-3)29-6-7-31(37(44)36(29)43)34-22-47-38(50(34)2)39(56)49-28-4-5-30(33(42)18-28)41(58)51-10-8-27(9-11-51)40(57)52-12-15-54(16-13-52,24-35(45)55)23-26-19-46-20-26/h4-7,18,21-22,26-27,46H,8-17,19-20,23-24H2,1-3H3,(H2-,45,49,55,56,58)/p+1. The molecule has 3 fully saturated rings. The van der Waals surface area contributed by atoms with Gasteiger partial charge in [-0.3, -0.25) is 23.9 Å². The zero-order valence-electron chi connectivity index (χ0n) is 33.5. The van der Waals surface area contributed by atoms with Crippen molar-refractivity contribution < 1.29 is 37.2 Å². The van der Waals surface area contributed by atoms with Crippen molar-refractivity contribution in [1.29, 1.82) is 0 Å². The number of carbonyl (C=O) groups excluding carboxylic acids is 4. The van der Waals surface area contributed by atoms with Crippen LogP contribution < -0.4 is 16.4 Å². The number of anilines is 1. The quantitative estimate of drug-likeness (QED) is 0.173. The first kappa shape index (κ1) is 41.9. The van der Waals surface area contributed by atoms with Crippen LogP contribution in [-0.2, 0) is 27.9 Å². The second-order valence-corrected chi connectivity index (χ2v) is 16.2. The van der Waals surface area contributed by atoms with E-state index < -0.39 is 17.5 Å². The van der Waals surface area contributed by atoms with E-state index in [0.717, 1.165) is 19.6 Å². The molecule has 2 aromatic heterocycles. The Morgan fingerprint density at radius 1 is 0.983 bits per heavy atom. The normalized spacial score (nSPS) is 17.2. The molecule has 0 aliphatic carbocycles. The minimum Gasteiger partial charge on any atom is -0.383 e. The third-order valence-corrected chi connectivity index (χ3v) is 12.4. The van der Waals surface area contributed by atoms with Crippen molar-refractivity contribution in [2.45, 2.75) is 26.3 Å². The Labute approximate surface area is 346 Å². The highest BCUT2D eigenvalue weighted by Crippen LogP contribution is 2.34. The molecule has 0 spiro atoms. The number of imidazole rings is 1. The number of nitrogens with zero attached hydrogens (tertiary/aromatic N) is 7. The van der Waals surface area contributed by atoms with Crippen LogP contribution in [0.15, 0.2) is 42.7 Å². The number of hydrogen-bond acceptors (Lipinski definition) is 8. The van der Waals surface area contributed by atoms with Crippen LogP contribution in [0, 0.1) is 30.4 Å². The SMILES string of the molecule is COCCn1ncc(-c2ccc(-c3cnc(C(=O)Nc4ccc(C(=O)N5CCC(C(=O)N6CC[N+](CC(N)=O)(CC7CNC7)CC6)CC5)c(Cl)c4)n3C)c(F)c2F)c1C. The lowest BCUT2D eigenvalue weighted by Gasteiger charge is -2.47. The summed E-state index contributed by atoms with van der Waals surface area (Å²) in [5.41, 5.74) is 7.46. The number of primary amides is 1. The summed E-state index contributed by atoms with van der Waals surface area (Å²) in [5.74, 6) is -3.03. The number of rotatable bonds is 13. The van der Waals surface area contributed by atoms with E-state index in [9.17, 15) is 19.2 Å². The van der Waals surface area contributed by atoms with Gasteiger partial charge in [0.2, 0.25) is 5.91 Å². The highest BCUT2D eigenvalue weighted by atomic mass is 35.5. The fourth-order valence-corrected chi connectivity index (χ4v) is 8.78. The third-order valence-electron chi connectivity index (χ3n) is 12.0. The maximum atomic E-state index is 15.6. The number of likely N-dealkylation sites (tertiary alicyclic amines) is 1. The topological polar surface area (TPSA) is 170 Å². The van der Waals surface area contributed by atoms with Crippen LogP contribution in [0.2, 0.25) is 5.02 Å². The molecule has 5 heterocycles. The second kappa shape index (κ2) is 17.6. The van der Waals surface area contributed by atoms with Gasteiger partial charge in [-0.2, -0.15) is 5.10 Å². The number of piperazine rings is 1. The number of nitrogens with two attached hydrogens (primary N) is 1. The fourth-order valence-electron chi connectivity index (χ4n) is 8.52. The Morgan fingerprint density at radius 2 is 1.68 bits per heavy atom. The van der Waals surface area contributed by atoms with Gasteiger partial charge >= 0.3 is 0 Å². The molecule has 59 heavy (non-hydrogen) atoms. The second-order valence-electron chi connectivity index (χ2n) is 15.8. The van der Waals surface area contributed by atoms with E-state index in [0.29, 0.717) is 92.6 Å². The van der Waals surface area contributed by atoms with Crippen LogP contribution in [0.3, 0.4) is 0 Å². The Bertz CT molecular complexity index is 2240. The van der Waals surface area contributed by atoms with Gasteiger partial charge in [0, 0.05) is 80.2 Å². The molecule has 0 unspecified atom stereocenters. The van der Waals surface area contributed by atoms with Crippen LogP contribution in [-0.4, -0.2) is 136 Å². The van der Waals surface area contributed by atoms with Crippen LogP contribution >= 0.6 is 11.6 Å². The predicted molar refractivity (Wildman–Crippen MR) is 216 cm³/mol. The van der Waals surface area contributed by atoms with E-state index >= 15 is 8.78 Å². The third kappa shape index (κ3) is 8.74. The van der Waals surface area contributed by atoms with Gasteiger partial charge in [0.05, 0.1) is 74.5 Å². The first-order valence-corrected chi connectivity index (χ1v) is 20.2. The first-order valence-electron chi connectivity index (χ1n) is 19.8. The Kier molecular flexibility index (Phi) is 12.5.